The van der Waals surface area contributed by atoms with Crippen LogP contribution in [0.15, 0.2) is 36.9 Å². The number of nitrogens with zero attached hydrogens (tertiary/aromatic N) is 4. The largest absolute Gasteiger partial charge is 0.358 e. The van der Waals surface area contributed by atoms with Gasteiger partial charge in [-0.2, -0.15) is 0 Å². The van der Waals surface area contributed by atoms with Crippen LogP contribution in [0.3, 0.4) is 0 Å². The minimum Gasteiger partial charge on any atom is -0.358 e. The molecule has 3 rings (SSSR count). The summed E-state index contributed by atoms with van der Waals surface area (Å²) in [5.74, 6) is 0. The summed E-state index contributed by atoms with van der Waals surface area (Å²) in [5.41, 5.74) is 5.33. The highest BCUT2D eigenvalue weighted by Gasteiger charge is 2.20. The van der Waals surface area contributed by atoms with Crippen molar-refractivity contribution in [2.24, 2.45) is 0 Å². The van der Waals surface area contributed by atoms with Crippen molar-refractivity contribution in [3.63, 3.8) is 0 Å². The number of hydrogen-bond acceptors (Lipinski definition) is 4. The van der Waals surface area contributed by atoms with Gasteiger partial charge in [0.2, 0.25) is 0 Å². The van der Waals surface area contributed by atoms with Crippen LogP contribution >= 0.6 is 0 Å². The minimum atomic E-state index is 0.960. The Morgan fingerprint density at radius 3 is 1.58 bits per heavy atom. The molecule has 1 aromatic rings. The number of unbranched alkanes of at least 4 members (excludes halogenated alkanes) is 2. The summed E-state index contributed by atoms with van der Waals surface area (Å²) in [5, 5.41) is 0. The molecule has 0 aliphatic carbocycles. The summed E-state index contributed by atoms with van der Waals surface area (Å²) in [6, 6.07) is 4.70. The van der Waals surface area contributed by atoms with Crippen LogP contribution in [0, 0.1) is 13.8 Å². The fourth-order valence-corrected chi connectivity index (χ4v) is 3.70. The lowest BCUT2D eigenvalue weighted by Crippen LogP contribution is -2.28. The maximum atomic E-state index is 2.41. The first-order valence-electron chi connectivity index (χ1n) is 10.1. The first-order chi connectivity index (χ1) is 12.6. The predicted molar refractivity (Wildman–Crippen MR) is 112 cm³/mol. The van der Waals surface area contributed by atoms with Gasteiger partial charge in [0.25, 0.3) is 0 Å². The lowest BCUT2D eigenvalue weighted by Gasteiger charge is -2.27. The lowest BCUT2D eigenvalue weighted by atomic mass is 10.1. The molecule has 0 saturated carbocycles. The van der Waals surface area contributed by atoms with Gasteiger partial charge < -0.3 is 19.6 Å². The van der Waals surface area contributed by atoms with Gasteiger partial charge in [0.15, 0.2) is 0 Å². The van der Waals surface area contributed by atoms with Crippen molar-refractivity contribution in [2.75, 3.05) is 36.2 Å². The number of anilines is 2. The van der Waals surface area contributed by atoms with E-state index in [1.165, 1.54) is 48.2 Å². The van der Waals surface area contributed by atoms with E-state index in [-0.39, 0.29) is 0 Å². The van der Waals surface area contributed by atoms with Gasteiger partial charge >= 0.3 is 0 Å². The number of rotatable bonds is 8. The molecule has 1 aromatic carbocycles. The molecule has 4 nitrogen and oxygen atoms in total. The third kappa shape index (κ3) is 4.17. The van der Waals surface area contributed by atoms with Crippen LogP contribution in [0.5, 0.6) is 0 Å². The Hall–Kier alpha value is -2.10. The van der Waals surface area contributed by atoms with E-state index in [1.54, 1.807) is 0 Å². The van der Waals surface area contributed by atoms with E-state index < -0.39 is 0 Å². The van der Waals surface area contributed by atoms with Crippen molar-refractivity contribution in [3.05, 3.63) is 48.1 Å². The van der Waals surface area contributed by atoms with Crippen molar-refractivity contribution in [3.8, 4) is 0 Å². The van der Waals surface area contributed by atoms with Gasteiger partial charge in [-0.15, -0.1) is 0 Å². The quantitative estimate of drug-likeness (QED) is 0.651. The highest BCUT2D eigenvalue weighted by atomic mass is 15.4. The molecule has 0 N–H and O–H groups in total. The van der Waals surface area contributed by atoms with Crippen LogP contribution in [-0.4, -0.2) is 36.2 Å². The zero-order valence-corrected chi connectivity index (χ0v) is 16.9. The van der Waals surface area contributed by atoms with Gasteiger partial charge in [0, 0.05) is 49.3 Å². The van der Waals surface area contributed by atoms with E-state index in [9.17, 15) is 0 Å². The second-order valence-corrected chi connectivity index (χ2v) is 7.58. The second kappa shape index (κ2) is 8.52. The normalized spacial score (nSPS) is 16.5. The molecule has 0 amide bonds. The van der Waals surface area contributed by atoms with Crippen LogP contribution in [0.4, 0.5) is 11.4 Å². The van der Waals surface area contributed by atoms with E-state index >= 15 is 0 Å². The molecule has 0 atom stereocenters. The summed E-state index contributed by atoms with van der Waals surface area (Å²) in [4.78, 5) is 9.57. The van der Waals surface area contributed by atoms with E-state index in [0.29, 0.717) is 0 Å². The summed E-state index contributed by atoms with van der Waals surface area (Å²) in [6.07, 6.45) is 13.9. The zero-order valence-electron chi connectivity index (χ0n) is 16.9. The molecule has 142 valence electrons. The van der Waals surface area contributed by atoms with Crippen molar-refractivity contribution >= 4 is 11.4 Å². The molecule has 0 aromatic heterocycles. The van der Waals surface area contributed by atoms with E-state index in [0.717, 1.165) is 26.4 Å². The van der Waals surface area contributed by atoms with E-state index in [4.69, 9.17) is 0 Å². The Labute approximate surface area is 159 Å². The average molecular weight is 355 g/mol. The Kier molecular flexibility index (Phi) is 6.12. The van der Waals surface area contributed by atoms with Crippen LogP contribution in [-0.2, 0) is 0 Å². The molecule has 0 unspecified atom stereocenters. The number of hydrogen-bond donors (Lipinski definition) is 0. The zero-order chi connectivity index (χ0) is 18.5. The molecule has 2 aliphatic heterocycles. The van der Waals surface area contributed by atoms with Crippen LogP contribution in [0.1, 0.15) is 50.7 Å². The van der Waals surface area contributed by atoms with Crippen molar-refractivity contribution in [1.29, 1.82) is 0 Å². The minimum absolute atomic E-state index is 0.960. The van der Waals surface area contributed by atoms with Crippen molar-refractivity contribution < 1.29 is 0 Å². The Morgan fingerprint density at radius 2 is 1.15 bits per heavy atom. The average Bonchev–Trinajstić information content (AvgIpc) is 3.28. The van der Waals surface area contributed by atoms with Crippen LogP contribution < -0.4 is 9.80 Å². The highest BCUT2D eigenvalue weighted by Crippen LogP contribution is 2.33. The maximum absolute atomic E-state index is 2.41. The number of aryl methyl sites for hydroxylation is 2. The van der Waals surface area contributed by atoms with Gasteiger partial charge in [0.1, 0.15) is 0 Å². The fraction of sp³-hybridized carbons (Fsp3) is 0.545. The van der Waals surface area contributed by atoms with Gasteiger partial charge in [-0.05, 0) is 43.9 Å². The SMILES string of the molecule is CCCCN1C=CN(c2cc(N3C=CN(CCCC)C3)c(C)cc2C)C1. The third-order valence-electron chi connectivity index (χ3n) is 5.31. The van der Waals surface area contributed by atoms with Gasteiger partial charge in [-0.3, -0.25) is 0 Å². The molecule has 2 heterocycles. The van der Waals surface area contributed by atoms with Crippen molar-refractivity contribution in [2.45, 2.75) is 53.4 Å². The maximum Gasteiger partial charge on any atom is 0.0942 e. The first kappa shape index (κ1) is 18.7. The molecule has 4 heteroatoms. The van der Waals surface area contributed by atoms with Gasteiger partial charge in [-0.1, -0.05) is 32.8 Å². The van der Waals surface area contributed by atoms with Crippen LogP contribution in [0.2, 0.25) is 0 Å². The molecule has 26 heavy (non-hydrogen) atoms. The molecule has 0 bridgehead atoms. The monoisotopic (exact) mass is 354 g/mol. The molecule has 0 fully saturated rings. The molecule has 0 radical (unpaired) electrons. The summed E-state index contributed by atoms with van der Waals surface area (Å²) >= 11 is 0. The van der Waals surface area contributed by atoms with E-state index in [2.05, 4.69) is 84.2 Å². The number of benzene rings is 1. The smallest absolute Gasteiger partial charge is 0.0942 e. The molecule has 0 saturated heterocycles. The first-order valence-corrected chi connectivity index (χ1v) is 10.1. The third-order valence-corrected chi connectivity index (χ3v) is 5.31. The summed E-state index contributed by atoms with van der Waals surface area (Å²) < 4.78 is 0. The summed E-state index contributed by atoms with van der Waals surface area (Å²) in [7, 11) is 0. The fourth-order valence-electron chi connectivity index (χ4n) is 3.70. The standard InChI is InChI=1S/C22H34N4/c1-5-7-9-23-11-13-25(17-23)21-16-22(20(4)15-19(21)3)26-14-12-24(18-26)10-8-6-2/h11-16H,5-10,17-18H2,1-4H3. The Bertz CT molecular complexity index is 611. The Balaban J connectivity index is 1.72. The molecule has 0 spiro atoms. The highest BCUT2D eigenvalue weighted by molar-refractivity contribution is 5.69. The van der Waals surface area contributed by atoms with Gasteiger partial charge in [-0.25, -0.2) is 0 Å². The van der Waals surface area contributed by atoms with E-state index in [1.807, 2.05) is 0 Å². The van der Waals surface area contributed by atoms with Crippen molar-refractivity contribution in [1.82, 2.24) is 9.80 Å². The van der Waals surface area contributed by atoms with Crippen LogP contribution in [0.25, 0.3) is 0 Å². The molecular weight excluding hydrogens is 320 g/mol. The Morgan fingerprint density at radius 1 is 0.692 bits per heavy atom. The summed E-state index contributed by atoms with van der Waals surface area (Å²) in [6.45, 7) is 13.2. The predicted octanol–water partition coefficient (Wildman–Crippen LogP) is 5.01. The lowest BCUT2D eigenvalue weighted by molar-refractivity contribution is 0.395. The topological polar surface area (TPSA) is 13.0 Å². The second-order valence-electron chi connectivity index (χ2n) is 7.58. The van der Waals surface area contributed by atoms with Gasteiger partial charge in [0.05, 0.1) is 13.3 Å². The molecular formula is C22H34N4. The molecule has 2 aliphatic rings.